The van der Waals surface area contributed by atoms with Gasteiger partial charge in [-0.25, -0.2) is 8.42 Å². The number of hydrogen-bond donors (Lipinski definition) is 0. The predicted octanol–water partition coefficient (Wildman–Crippen LogP) is 1.48. The molecule has 0 aliphatic rings. The fourth-order valence-electron chi connectivity index (χ4n) is 0.655. The first kappa shape index (κ1) is 10.8. The minimum absolute atomic E-state index is 0. The predicted molar refractivity (Wildman–Crippen MR) is 47.9 cm³/mol. The lowest BCUT2D eigenvalue weighted by molar-refractivity contribution is 0.595. The van der Waals surface area contributed by atoms with Gasteiger partial charge in [0.25, 0.3) is 0 Å². The van der Waals surface area contributed by atoms with Crippen molar-refractivity contribution in [2.24, 2.45) is 0 Å². The van der Waals surface area contributed by atoms with E-state index in [1.807, 2.05) is 6.92 Å². The summed E-state index contributed by atoms with van der Waals surface area (Å²) in [6, 6.07) is 0. The molecule has 3 nitrogen and oxygen atoms in total. The van der Waals surface area contributed by atoms with Crippen LogP contribution < -0.4 is 0 Å². The molecule has 0 aliphatic carbocycles. The molecule has 1 atom stereocenters. The Balaban J connectivity index is 0. The van der Waals surface area contributed by atoms with E-state index >= 15 is 0 Å². The molecule has 64 valence electrons. The number of thioether (sulfide) groups is 1. The van der Waals surface area contributed by atoms with Gasteiger partial charge < -0.3 is 0 Å². The summed E-state index contributed by atoms with van der Waals surface area (Å²) in [6.07, 6.45) is 2.50. The lowest BCUT2D eigenvalue weighted by atomic mass is 10.4. The van der Waals surface area contributed by atoms with E-state index in [0.29, 0.717) is 6.42 Å². The van der Waals surface area contributed by atoms with Crippen LogP contribution in [0.5, 0.6) is 0 Å². The average Bonchev–Trinajstić information content (AvgIpc) is 1.85. The average molecular weight is 194 g/mol. The molecule has 0 heterocycles. The van der Waals surface area contributed by atoms with Gasteiger partial charge in [0, 0.05) is 6.26 Å². The van der Waals surface area contributed by atoms with Crippen molar-refractivity contribution in [3.05, 3.63) is 0 Å². The molecule has 0 aromatic rings. The van der Waals surface area contributed by atoms with Gasteiger partial charge in [0.2, 0.25) is 0 Å². The summed E-state index contributed by atoms with van der Waals surface area (Å²) in [5.41, 5.74) is 0. The fourth-order valence-corrected chi connectivity index (χ4v) is 2.62. The molecular formula is C6H12NO2S2+. The molecule has 0 rings (SSSR count). The molecule has 11 heavy (non-hydrogen) atoms. The van der Waals surface area contributed by atoms with Crippen molar-refractivity contribution in [3.8, 4) is 5.40 Å². The first-order chi connectivity index (χ1) is 5.02. The minimum atomic E-state index is -3.05. The van der Waals surface area contributed by atoms with Crippen LogP contribution in [0.4, 0.5) is 0 Å². The van der Waals surface area contributed by atoms with Crippen LogP contribution in [-0.4, -0.2) is 19.3 Å². The zero-order valence-electron chi connectivity index (χ0n) is 7.57. The quantitative estimate of drug-likeness (QED) is 0.636. The first-order valence-corrected chi connectivity index (χ1v) is 6.09. The van der Waals surface area contributed by atoms with Crippen LogP contribution in [0.3, 0.4) is 0 Å². The number of nitrogens with zero attached hydrogens (tertiary/aromatic N) is 1. The molecule has 0 saturated heterocycles. The van der Waals surface area contributed by atoms with E-state index in [-0.39, 0.29) is 1.43 Å². The molecule has 0 spiro atoms. The second kappa shape index (κ2) is 4.62. The van der Waals surface area contributed by atoms with E-state index in [9.17, 15) is 8.42 Å². The summed E-state index contributed by atoms with van der Waals surface area (Å²) in [7, 11) is -3.05. The van der Waals surface area contributed by atoms with Crippen molar-refractivity contribution in [2.75, 3.05) is 6.26 Å². The van der Waals surface area contributed by atoms with E-state index < -0.39 is 14.4 Å². The van der Waals surface area contributed by atoms with Crippen molar-refractivity contribution in [2.45, 2.75) is 24.3 Å². The Morgan fingerprint density at radius 1 is 1.73 bits per heavy atom. The molecule has 1 unspecified atom stereocenters. The molecule has 0 saturated carbocycles. The van der Waals surface area contributed by atoms with E-state index in [4.69, 9.17) is 5.26 Å². The summed E-state index contributed by atoms with van der Waals surface area (Å²) in [5.74, 6) is 0. The molecule has 0 bridgehead atoms. The minimum Gasteiger partial charge on any atom is -0.228 e. The Hall–Kier alpha value is -0.210. The second-order valence-corrected chi connectivity index (χ2v) is 5.77. The SMILES string of the molecule is CCCC(SC#N)S(C)(=O)=O.[H+]. The highest BCUT2D eigenvalue weighted by atomic mass is 32.3. The van der Waals surface area contributed by atoms with Gasteiger partial charge in [-0.1, -0.05) is 13.3 Å². The topological polar surface area (TPSA) is 57.9 Å². The van der Waals surface area contributed by atoms with Gasteiger partial charge in [-0.3, -0.25) is 0 Å². The maximum Gasteiger partial charge on any atom is 1.00 e. The summed E-state index contributed by atoms with van der Waals surface area (Å²) in [4.78, 5) is 0. The van der Waals surface area contributed by atoms with Gasteiger partial charge in [-0.2, -0.15) is 5.26 Å². The van der Waals surface area contributed by atoms with E-state index in [2.05, 4.69) is 0 Å². The Kier molecular flexibility index (Phi) is 4.54. The lowest BCUT2D eigenvalue weighted by Crippen LogP contribution is -2.14. The first-order valence-electron chi connectivity index (χ1n) is 3.26. The Morgan fingerprint density at radius 2 is 2.27 bits per heavy atom. The van der Waals surface area contributed by atoms with Crippen molar-refractivity contribution in [3.63, 3.8) is 0 Å². The molecule has 0 radical (unpaired) electrons. The third-order valence-corrected chi connectivity index (χ3v) is 4.32. The number of rotatable bonds is 4. The van der Waals surface area contributed by atoms with Gasteiger partial charge in [0.1, 0.15) is 9.98 Å². The highest BCUT2D eigenvalue weighted by Gasteiger charge is 2.19. The maximum absolute atomic E-state index is 10.9. The van der Waals surface area contributed by atoms with Crippen LogP contribution in [0, 0.1) is 10.7 Å². The van der Waals surface area contributed by atoms with Crippen LogP contribution in [0.2, 0.25) is 0 Å². The zero-order chi connectivity index (χ0) is 8.91. The standard InChI is InChI=1S/C6H11NO2S2/c1-3-4-6(10-5-7)11(2,8)9/h6H,3-4H2,1-2H3/p+1. The summed E-state index contributed by atoms with van der Waals surface area (Å²) < 4.78 is 21.3. The second-order valence-electron chi connectivity index (χ2n) is 2.26. The van der Waals surface area contributed by atoms with Crippen molar-refractivity contribution in [1.29, 1.82) is 5.26 Å². The largest absolute Gasteiger partial charge is 1.00 e. The number of sulfone groups is 1. The van der Waals surface area contributed by atoms with Crippen LogP contribution in [0.15, 0.2) is 0 Å². The molecule has 0 fully saturated rings. The third kappa shape index (κ3) is 4.27. The Morgan fingerprint density at radius 3 is 2.55 bits per heavy atom. The van der Waals surface area contributed by atoms with Crippen LogP contribution in [-0.2, 0) is 9.84 Å². The molecule has 0 aliphatic heterocycles. The number of thiocyanates is 1. The highest BCUT2D eigenvalue weighted by Crippen LogP contribution is 2.19. The highest BCUT2D eigenvalue weighted by molar-refractivity contribution is 8.15. The van der Waals surface area contributed by atoms with Crippen LogP contribution >= 0.6 is 11.8 Å². The monoisotopic (exact) mass is 194 g/mol. The molecule has 0 N–H and O–H groups in total. The van der Waals surface area contributed by atoms with Crippen LogP contribution in [0.25, 0.3) is 0 Å². The molecule has 5 heteroatoms. The van der Waals surface area contributed by atoms with E-state index in [1.54, 1.807) is 5.40 Å². The normalized spacial score (nSPS) is 13.9. The third-order valence-electron chi connectivity index (χ3n) is 1.19. The Bertz CT molecular complexity index is 245. The van der Waals surface area contributed by atoms with Crippen LogP contribution in [0.1, 0.15) is 21.2 Å². The van der Waals surface area contributed by atoms with Gasteiger partial charge in [0.15, 0.2) is 9.84 Å². The van der Waals surface area contributed by atoms with E-state index in [1.165, 1.54) is 0 Å². The van der Waals surface area contributed by atoms with Gasteiger partial charge in [-0.05, 0) is 18.2 Å². The summed E-state index contributed by atoms with van der Waals surface area (Å²) in [5, 5.41) is 10.1. The van der Waals surface area contributed by atoms with E-state index in [0.717, 1.165) is 24.4 Å². The molecule has 0 aromatic heterocycles. The molecular weight excluding hydrogens is 182 g/mol. The zero-order valence-corrected chi connectivity index (χ0v) is 8.20. The van der Waals surface area contributed by atoms with Gasteiger partial charge in [-0.15, -0.1) is 0 Å². The van der Waals surface area contributed by atoms with Crippen molar-refractivity contribution >= 4 is 21.6 Å². The maximum atomic E-state index is 10.9. The van der Waals surface area contributed by atoms with Gasteiger partial charge in [0.05, 0.1) is 0 Å². The smallest absolute Gasteiger partial charge is 0.228 e. The number of nitriles is 1. The van der Waals surface area contributed by atoms with Crippen molar-refractivity contribution < 1.29 is 9.84 Å². The van der Waals surface area contributed by atoms with Gasteiger partial charge >= 0.3 is 1.43 Å². The number of hydrogen-bond acceptors (Lipinski definition) is 4. The summed E-state index contributed by atoms with van der Waals surface area (Å²) >= 11 is 0.826. The molecule has 0 amide bonds. The fraction of sp³-hybridized carbons (Fsp3) is 0.833. The molecule has 0 aromatic carbocycles. The lowest BCUT2D eigenvalue weighted by Gasteiger charge is -2.07. The Labute approximate surface area is 73.2 Å². The van der Waals surface area contributed by atoms with Crippen molar-refractivity contribution in [1.82, 2.24) is 0 Å². The summed E-state index contributed by atoms with van der Waals surface area (Å²) in [6.45, 7) is 1.90.